The Hall–Kier alpha value is -1.36. The van der Waals surface area contributed by atoms with E-state index in [4.69, 9.17) is 4.74 Å². The van der Waals surface area contributed by atoms with Crippen molar-refractivity contribution in [3.8, 4) is 0 Å². The van der Waals surface area contributed by atoms with Crippen LogP contribution in [0.5, 0.6) is 0 Å². The van der Waals surface area contributed by atoms with Crippen LogP contribution in [0.3, 0.4) is 0 Å². The van der Waals surface area contributed by atoms with E-state index in [9.17, 15) is 9.59 Å². The van der Waals surface area contributed by atoms with E-state index in [2.05, 4.69) is 39.8 Å². The molecular formula is C31H52N2O3. The van der Waals surface area contributed by atoms with Gasteiger partial charge in [0, 0.05) is 32.0 Å². The summed E-state index contributed by atoms with van der Waals surface area (Å²) in [6.07, 6.45) is 11.2. The predicted octanol–water partition coefficient (Wildman–Crippen LogP) is 5.93. The van der Waals surface area contributed by atoms with E-state index in [1.165, 1.54) is 39.0 Å². The van der Waals surface area contributed by atoms with Crippen LogP contribution in [0.15, 0.2) is 11.6 Å². The third kappa shape index (κ3) is 4.56. The highest BCUT2D eigenvalue weighted by Crippen LogP contribution is 2.68. The Morgan fingerprint density at radius 3 is 2.08 bits per heavy atom. The molecule has 0 saturated heterocycles. The number of likely N-dealkylation sites (N-methyl/N-ethyl adjacent to an activating group) is 1. The molecule has 0 aromatic heterocycles. The standard InChI is InChI=1S/C31H52N2O3/c1-19(2)18-28(35)33(9)27-15-17-31(6)25-14-16-30(5)23(20(3)32(7)8)12-13-24(30)22(25)10-11-26(31)29(27)36-21(4)34/h18,20,22-27,29H,10-17H2,1-9H3/t20-,22?,23+,24-,25?,26?,27+,29+,30+,31+/m0/s1. The molecule has 0 aliphatic heterocycles. The van der Waals surface area contributed by atoms with Gasteiger partial charge in [0.1, 0.15) is 6.10 Å². The summed E-state index contributed by atoms with van der Waals surface area (Å²) in [5.41, 5.74) is 1.62. The highest BCUT2D eigenvalue weighted by molar-refractivity contribution is 5.88. The Kier molecular flexibility index (Phi) is 7.74. The van der Waals surface area contributed by atoms with Gasteiger partial charge in [-0.2, -0.15) is 0 Å². The first kappa shape index (κ1) is 27.7. The van der Waals surface area contributed by atoms with Gasteiger partial charge in [-0.3, -0.25) is 9.59 Å². The highest BCUT2D eigenvalue weighted by atomic mass is 16.5. The Balaban J connectivity index is 1.60. The van der Waals surface area contributed by atoms with Gasteiger partial charge in [-0.1, -0.05) is 19.4 Å². The molecular weight excluding hydrogens is 448 g/mol. The SMILES string of the molecule is CC(=O)O[C@@H]1C2CCC3C(CC[C@]4(C)[C@@H]([C@H](C)N(C)C)CC[C@@H]34)[C@@]2(C)CC[C@H]1N(C)C(=O)C=C(C)C. The molecule has 0 spiro atoms. The summed E-state index contributed by atoms with van der Waals surface area (Å²) >= 11 is 0. The lowest BCUT2D eigenvalue weighted by molar-refractivity contribution is -0.188. The Morgan fingerprint density at radius 1 is 0.861 bits per heavy atom. The normalized spacial score (nSPS) is 42.6. The number of hydrogen-bond acceptors (Lipinski definition) is 4. The van der Waals surface area contributed by atoms with Gasteiger partial charge in [0.05, 0.1) is 6.04 Å². The van der Waals surface area contributed by atoms with Crippen LogP contribution in [0.25, 0.3) is 0 Å². The summed E-state index contributed by atoms with van der Waals surface area (Å²) in [4.78, 5) is 29.5. The maximum atomic E-state index is 13.0. The van der Waals surface area contributed by atoms with E-state index >= 15 is 0 Å². The first-order chi connectivity index (χ1) is 16.8. The van der Waals surface area contributed by atoms with Crippen molar-refractivity contribution < 1.29 is 14.3 Å². The molecule has 4 aliphatic carbocycles. The fraction of sp³-hybridized carbons (Fsp3) is 0.871. The number of esters is 1. The van der Waals surface area contributed by atoms with Crippen LogP contribution in [0, 0.1) is 40.4 Å². The monoisotopic (exact) mass is 500 g/mol. The number of fused-ring (bicyclic) bond motifs is 5. The molecule has 0 aromatic rings. The Labute approximate surface area is 220 Å². The van der Waals surface area contributed by atoms with Crippen LogP contribution in [0.4, 0.5) is 0 Å². The molecule has 0 bridgehead atoms. The van der Waals surface area contributed by atoms with E-state index < -0.39 is 0 Å². The number of ether oxygens (including phenoxy) is 1. The lowest BCUT2D eigenvalue weighted by Gasteiger charge is -2.63. The molecule has 10 atom stereocenters. The smallest absolute Gasteiger partial charge is 0.302 e. The quantitative estimate of drug-likeness (QED) is 0.347. The van der Waals surface area contributed by atoms with Crippen molar-refractivity contribution in [2.24, 2.45) is 40.4 Å². The molecule has 5 heteroatoms. The first-order valence-electron chi connectivity index (χ1n) is 14.6. The van der Waals surface area contributed by atoms with Crippen molar-refractivity contribution in [3.63, 3.8) is 0 Å². The van der Waals surface area contributed by atoms with Crippen LogP contribution in [0.2, 0.25) is 0 Å². The minimum absolute atomic E-state index is 0.0230. The molecule has 4 aliphatic rings. The Morgan fingerprint density at radius 2 is 1.47 bits per heavy atom. The van der Waals surface area contributed by atoms with E-state index in [1.807, 2.05) is 25.8 Å². The molecule has 0 aromatic carbocycles. The number of allylic oxidation sites excluding steroid dienone is 1. The molecule has 3 unspecified atom stereocenters. The van der Waals surface area contributed by atoms with E-state index in [-0.39, 0.29) is 29.4 Å². The van der Waals surface area contributed by atoms with E-state index in [0.717, 1.165) is 42.6 Å². The van der Waals surface area contributed by atoms with Gasteiger partial charge in [0.2, 0.25) is 5.91 Å². The zero-order chi connectivity index (χ0) is 26.6. The van der Waals surface area contributed by atoms with Crippen LogP contribution < -0.4 is 0 Å². The third-order valence-electron chi connectivity index (χ3n) is 11.7. The van der Waals surface area contributed by atoms with Crippen molar-refractivity contribution in [2.45, 2.75) is 111 Å². The highest BCUT2D eigenvalue weighted by Gasteiger charge is 2.63. The number of amides is 1. The van der Waals surface area contributed by atoms with Gasteiger partial charge in [0.15, 0.2) is 0 Å². The predicted molar refractivity (Wildman–Crippen MR) is 145 cm³/mol. The lowest BCUT2D eigenvalue weighted by atomic mass is 9.44. The van der Waals surface area contributed by atoms with Gasteiger partial charge in [-0.05, 0) is 121 Å². The van der Waals surface area contributed by atoms with Crippen molar-refractivity contribution >= 4 is 11.9 Å². The van der Waals surface area contributed by atoms with Crippen LogP contribution in [-0.2, 0) is 14.3 Å². The molecule has 0 heterocycles. The summed E-state index contributed by atoms with van der Waals surface area (Å²) in [5, 5.41) is 0. The lowest BCUT2D eigenvalue weighted by Crippen LogP contribution is -2.62. The van der Waals surface area contributed by atoms with Gasteiger partial charge in [-0.15, -0.1) is 0 Å². The second kappa shape index (κ2) is 10.1. The number of nitrogens with zero attached hydrogens (tertiary/aromatic N) is 2. The summed E-state index contributed by atoms with van der Waals surface area (Å²) in [6, 6.07) is 0.582. The van der Waals surface area contributed by atoms with Gasteiger partial charge < -0.3 is 14.5 Å². The molecule has 1 amide bonds. The average Bonchev–Trinajstić information content (AvgIpc) is 3.14. The fourth-order valence-corrected chi connectivity index (χ4v) is 9.76. The van der Waals surface area contributed by atoms with E-state index in [1.54, 1.807) is 6.08 Å². The second-order valence-corrected chi connectivity index (χ2v) is 13.8. The summed E-state index contributed by atoms with van der Waals surface area (Å²) < 4.78 is 6.12. The van der Waals surface area contributed by atoms with Gasteiger partial charge in [-0.25, -0.2) is 0 Å². The van der Waals surface area contributed by atoms with E-state index in [0.29, 0.717) is 23.3 Å². The topological polar surface area (TPSA) is 49.9 Å². The fourth-order valence-electron chi connectivity index (χ4n) is 9.76. The Bertz CT molecular complexity index is 879. The molecule has 36 heavy (non-hydrogen) atoms. The van der Waals surface area contributed by atoms with Crippen molar-refractivity contribution in [1.82, 2.24) is 9.80 Å². The van der Waals surface area contributed by atoms with Gasteiger partial charge >= 0.3 is 5.97 Å². The largest absolute Gasteiger partial charge is 0.460 e. The number of hydrogen-bond donors (Lipinski definition) is 0. The summed E-state index contributed by atoms with van der Waals surface area (Å²) in [5.74, 6) is 3.20. The summed E-state index contributed by atoms with van der Waals surface area (Å²) in [6.45, 7) is 13.0. The average molecular weight is 501 g/mol. The van der Waals surface area contributed by atoms with Crippen LogP contribution in [0.1, 0.15) is 92.9 Å². The number of carbonyl (C=O) groups is 2. The maximum absolute atomic E-state index is 13.0. The zero-order valence-corrected chi connectivity index (χ0v) is 24.5. The number of rotatable bonds is 5. The molecule has 0 radical (unpaired) electrons. The maximum Gasteiger partial charge on any atom is 0.302 e. The first-order valence-corrected chi connectivity index (χ1v) is 14.6. The van der Waals surface area contributed by atoms with Crippen molar-refractivity contribution in [3.05, 3.63) is 11.6 Å². The minimum Gasteiger partial charge on any atom is -0.460 e. The molecule has 5 nitrogen and oxygen atoms in total. The van der Waals surface area contributed by atoms with Crippen LogP contribution in [-0.4, -0.2) is 61.0 Å². The minimum atomic E-state index is -0.216. The molecule has 204 valence electrons. The molecule has 4 saturated carbocycles. The van der Waals surface area contributed by atoms with Crippen molar-refractivity contribution in [2.75, 3.05) is 21.1 Å². The van der Waals surface area contributed by atoms with Crippen LogP contribution >= 0.6 is 0 Å². The molecule has 4 rings (SSSR count). The molecule has 0 N–H and O–H groups in total. The van der Waals surface area contributed by atoms with Crippen molar-refractivity contribution in [1.29, 1.82) is 0 Å². The third-order valence-corrected chi connectivity index (χ3v) is 11.7. The van der Waals surface area contributed by atoms with Gasteiger partial charge in [0.25, 0.3) is 0 Å². The number of carbonyl (C=O) groups excluding carboxylic acids is 2. The summed E-state index contributed by atoms with van der Waals surface area (Å²) in [7, 11) is 6.38. The zero-order valence-electron chi connectivity index (χ0n) is 24.5. The molecule has 4 fully saturated rings. The second-order valence-electron chi connectivity index (χ2n) is 13.8.